The number of amides is 1. The van der Waals surface area contributed by atoms with Gasteiger partial charge in [0.05, 0.1) is 0 Å². The highest BCUT2D eigenvalue weighted by Gasteiger charge is 2.26. The predicted molar refractivity (Wildman–Crippen MR) is 106 cm³/mol. The van der Waals surface area contributed by atoms with E-state index in [0.29, 0.717) is 17.4 Å². The van der Waals surface area contributed by atoms with E-state index < -0.39 is 0 Å². The van der Waals surface area contributed by atoms with Gasteiger partial charge in [-0.15, -0.1) is 0 Å². The van der Waals surface area contributed by atoms with Gasteiger partial charge in [0, 0.05) is 44.2 Å². The first-order valence-corrected chi connectivity index (χ1v) is 9.62. The molecule has 0 aromatic heterocycles. The molecule has 138 valence electrons. The molecule has 0 saturated carbocycles. The Morgan fingerprint density at radius 3 is 2.46 bits per heavy atom. The molecule has 0 bridgehead atoms. The Morgan fingerprint density at radius 1 is 1.12 bits per heavy atom. The van der Waals surface area contributed by atoms with Gasteiger partial charge in [-0.25, -0.2) is 0 Å². The zero-order valence-electron chi connectivity index (χ0n) is 15.2. The minimum atomic E-state index is 0.0269. The van der Waals surface area contributed by atoms with E-state index in [1.54, 1.807) is 7.11 Å². The Labute approximate surface area is 160 Å². The molecule has 0 radical (unpaired) electrons. The number of ether oxygens (including phenoxy) is 1. The molecule has 2 aromatic carbocycles. The van der Waals surface area contributed by atoms with Crippen molar-refractivity contribution in [2.45, 2.75) is 25.2 Å². The third-order valence-corrected chi connectivity index (χ3v) is 5.44. The molecular weight excluding hydrogens is 346 g/mol. The molecule has 1 fully saturated rings. The van der Waals surface area contributed by atoms with Crippen LogP contribution in [-0.2, 0) is 9.53 Å². The van der Waals surface area contributed by atoms with Crippen molar-refractivity contribution in [1.29, 1.82) is 0 Å². The lowest BCUT2D eigenvalue weighted by Crippen LogP contribution is -2.39. The molecule has 1 saturated heterocycles. The Kier molecular flexibility index (Phi) is 6.70. The molecule has 26 heavy (non-hydrogen) atoms. The monoisotopic (exact) mass is 371 g/mol. The summed E-state index contributed by atoms with van der Waals surface area (Å²) < 4.78 is 5.25. The quantitative estimate of drug-likeness (QED) is 0.733. The van der Waals surface area contributed by atoms with Crippen LogP contribution in [0.25, 0.3) is 0 Å². The van der Waals surface area contributed by atoms with Gasteiger partial charge in [-0.05, 0) is 42.0 Å². The second kappa shape index (κ2) is 9.20. The van der Waals surface area contributed by atoms with Crippen LogP contribution in [0, 0.1) is 5.92 Å². The number of hydrogen-bond donors (Lipinski definition) is 0. The van der Waals surface area contributed by atoms with E-state index in [1.165, 1.54) is 0 Å². The fourth-order valence-corrected chi connectivity index (χ4v) is 3.92. The largest absolute Gasteiger partial charge is 0.384 e. The van der Waals surface area contributed by atoms with E-state index >= 15 is 0 Å². The highest BCUT2D eigenvalue weighted by atomic mass is 35.5. The Balaban J connectivity index is 1.73. The van der Waals surface area contributed by atoms with E-state index in [2.05, 4.69) is 18.2 Å². The maximum atomic E-state index is 13.0. The van der Waals surface area contributed by atoms with Gasteiger partial charge in [-0.3, -0.25) is 4.79 Å². The van der Waals surface area contributed by atoms with E-state index in [-0.39, 0.29) is 11.8 Å². The smallest absolute Gasteiger partial charge is 0.223 e. The minimum Gasteiger partial charge on any atom is -0.384 e. The van der Waals surface area contributed by atoms with E-state index in [9.17, 15) is 4.79 Å². The molecule has 3 nitrogen and oxygen atoms in total. The van der Waals surface area contributed by atoms with Crippen molar-refractivity contribution >= 4 is 17.5 Å². The standard InChI is InChI=1S/C22H26ClNO2/c1-26-16-17-10-12-24(13-11-17)22(25)15-21(18-6-3-2-4-7-18)19-8-5-9-20(23)14-19/h2-9,14,17,21H,10-13,15-16H2,1H3/t21-/m1/s1. The number of halogens is 1. The van der Waals surface area contributed by atoms with Gasteiger partial charge in [0.2, 0.25) is 5.91 Å². The second-order valence-corrected chi connectivity index (χ2v) is 7.44. The molecule has 1 atom stereocenters. The van der Waals surface area contributed by atoms with Crippen LogP contribution >= 0.6 is 11.6 Å². The van der Waals surface area contributed by atoms with Crippen molar-refractivity contribution in [2.24, 2.45) is 5.92 Å². The van der Waals surface area contributed by atoms with E-state index in [4.69, 9.17) is 16.3 Å². The van der Waals surface area contributed by atoms with Gasteiger partial charge in [0.25, 0.3) is 0 Å². The number of methoxy groups -OCH3 is 1. The predicted octanol–water partition coefficient (Wildman–Crippen LogP) is 4.75. The highest BCUT2D eigenvalue weighted by Crippen LogP contribution is 2.31. The zero-order chi connectivity index (χ0) is 18.4. The summed E-state index contributed by atoms with van der Waals surface area (Å²) in [5, 5.41) is 0.705. The molecule has 1 aliphatic rings. The summed E-state index contributed by atoms with van der Waals surface area (Å²) in [5.74, 6) is 0.815. The van der Waals surface area contributed by atoms with Crippen molar-refractivity contribution in [1.82, 2.24) is 4.90 Å². The fourth-order valence-electron chi connectivity index (χ4n) is 3.73. The van der Waals surface area contributed by atoms with Crippen molar-refractivity contribution in [2.75, 3.05) is 26.8 Å². The van der Waals surface area contributed by atoms with Crippen LogP contribution in [0.3, 0.4) is 0 Å². The van der Waals surface area contributed by atoms with Gasteiger partial charge >= 0.3 is 0 Å². The molecule has 1 aliphatic heterocycles. The van der Waals surface area contributed by atoms with Gasteiger partial charge in [-0.2, -0.15) is 0 Å². The van der Waals surface area contributed by atoms with Crippen molar-refractivity contribution < 1.29 is 9.53 Å². The van der Waals surface area contributed by atoms with Gasteiger partial charge in [0.1, 0.15) is 0 Å². The number of benzene rings is 2. The van der Waals surface area contributed by atoms with Crippen LogP contribution in [0.1, 0.15) is 36.3 Å². The molecule has 0 spiro atoms. The number of carbonyl (C=O) groups excluding carboxylic acids is 1. The van der Waals surface area contributed by atoms with E-state index in [1.807, 2.05) is 41.3 Å². The molecular formula is C22H26ClNO2. The second-order valence-electron chi connectivity index (χ2n) is 7.00. The molecule has 1 amide bonds. The Bertz CT molecular complexity index is 711. The first kappa shape index (κ1) is 18.9. The van der Waals surface area contributed by atoms with Crippen LogP contribution in [-0.4, -0.2) is 37.6 Å². The molecule has 2 aromatic rings. The van der Waals surface area contributed by atoms with Crippen molar-refractivity contribution in [3.8, 4) is 0 Å². The number of rotatable bonds is 6. The van der Waals surface area contributed by atoms with Crippen LogP contribution in [0.5, 0.6) is 0 Å². The molecule has 4 heteroatoms. The minimum absolute atomic E-state index is 0.0269. The van der Waals surface area contributed by atoms with Gasteiger partial charge in [-0.1, -0.05) is 54.1 Å². The van der Waals surface area contributed by atoms with Crippen LogP contribution in [0.2, 0.25) is 5.02 Å². The zero-order valence-corrected chi connectivity index (χ0v) is 16.0. The third-order valence-electron chi connectivity index (χ3n) is 5.20. The molecule has 0 unspecified atom stereocenters. The lowest BCUT2D eigenvalue weighted by Gasteiger charge is -2.33. The van der Waals surface area contributed by atoms with Gasteiger partial charge in [0.15, 0.2) is 0 Å². The van der Waals surface area contributed by atoms with Crippen LogP contribution < -0.4 is 0 Å². The fraction of sp³-hybridized carbons (Fsp3) is 0.409. The summed E-state index contributed by atoms with van der Waals surface area (Å²) in [6.45, 7) is 2.44. The first-order valence-electron chi connectivity index (χ1n) is 9.24. The topological polar surface area (TPSA) is 29.5 Å². The van der Waals surface area contributed by atoms with Gasteiger partial charge < -0.3 is 9.64 Å². The average molecular weight is 372 g/mol. The Morgan fingerprint density at radius 2 is 1.81 bits per heavy atom. The normalized spacial score (nSPS) is 16.5. The van der Waals surface area contributed by atoms with E-state index in [0.717, 1.165) is 43.7 Å². The van der Waals surface area contributed by atoms with Crippen molar-refractivity contribution in [3.63, 3.8) is 0 Å². The molecule has 1 heterocycles. The SMILES string of the molecule is COCC1CCN(C(=O)C[C@H](c2ccccc2)c2cccc(Cl)c2)CC1. The Hall–Kier alpha value is -1.84. The van der Waals surface area contributed by atoms with Crippen molar-refractivity contribution in [3.05, 3.63) is 70.7 Å². The highest BCUT2D eigenvalue weighted by molar-refractivity contribution is 6.30. The maximum absolute atomic E-state index is 13.0. The lowest BCUT2D eigenvalue weighted by molar-refractivity contribution is -0.133. The summed E-state index contributed by atoms with van der Waals surface area (Å²) in [4.78, 5) is 15.0. The number of nitrogens with zero attached hydrogens (tertiary/aromatic N) is 1. The molecule has 0 N–H and O–H groups in total. The first-order chi connectivity index (χ1) is 12.7. The number of piperidine rings is 1. The number of likely N-dealkylation sites (tertiary alicyclic amines) is 1. The lowest BCUT2D eigenvalue weighted by atomic mass is 9.87. The number of carbonyl (C=O) groups is 1. The number of hydrogen-bond acceptors (Lipinski definition) is 2. The summed E-state index contributed by atoms with van der Waals surface area (Å²) in [7, 11) is 1.74. The summed E-state index contributed by atoms with van der Waals surface area (Å²) in [6, 6.07) is 18.1. The molecule has 0 aliphatic carbocycles. The maximum Gasteiger partial charge on any atom is 0.223 e. The summed E-state index contributed by atoms with van der Waals surface area (Å²) in [5.41, 5.74) is 2.24. The third kappa shape index (κ3) is 4.87. The summed E-state index contributed by atoms with van der Waals surface area (Å²) >= 11 is 6.20. The summed E-state index contributed by atoms with van der Waals surface area (Å²) in [6.07, 6.45) is 2.51. The molecule has 3 rings (SSSR count). The van der Waals surface area contributed by atoms with Crippen LogP contribution in [0.15, 0.2) is 54.6 Å². The average Bonchev–Trinajstić information content (AvgIpc) is 2.67. The van der Waals surface area contributed by atoms with Crippen LogP contribution in [0.4, 0.5) is 0 Å².